The van der Waals surface area contributed by atoms with E-state index in [0.29, 0.717) is 16.4 Å². The number of carbonyl (C=O) groups is 1. The SMILES string of the molecule is O=C(NCC(O)c1ccccc1C(F)(F)F)c1nc(-c2cccs2)n(-c2ccc(F)cc2)n1. The summed E-state index contributed by atoms with van der Waals surface area (Å²) >= 11 is 1.36. The summed E-state index contributed by atoms with van der Waals surface area (Å²) in [6.45, 7) is -0.481. The van der Waals surface area contributed by atoms with Gasteiger partial charge < -0.3 is 10.4 Å². The number of hydrogen-bond donors (Lipinski definition) is 2. The standard InChI is InChI=1S/C22H16F4N4O2S/c23-13-7-9-14(10-8-13)30-20(18-6-3-11-33-18)28-19(29-30)21(32)27-12-17(31)15-4-1-2-5-16(15)22(24,25)26/h1-11,17,31H,12H2,(H,27,32). The van der Waals surface area contributed by atoms with Crippen LogP contribution in [0.2, 0.25) is 0 Å². The molecule has 11 heteroatoms. The Morgan fingerprint density at radius 3 is 2.48 bits per heavy atom. The van der Waals surface area contributed by atoms with Gasteiger partial charge in [-0.15, -0.1) is 16.4 Å². The van der Waals surface area contributed by atoms with Gasteiger partial charge in [0.05, 0.1) is 22.2 Å². The lowest BCUT2D eigenvalue weighted by Gasteiger charge is -2.17. The highest BCUT2D eigenvalue weighted by atomic mass is 32.1. The van der Waals surface area contributed by atoms with E-state index < -0.39 is 36.1 Å². The lowest BCUT2D eigenvalue weighted by molar-refractivity contribution is -0.139. The maximum Gasteiger partial charge on any atom is 0.416 e. The third kappa shape index (κ3) is 4.94. The van der Waals surface area contributed by atoms with Gasteiger partial charge in [-0.2, -0.15) is 13.2 Å². The van der Waals surface area contributed by atoms with Gasteiger partial charge in [-0.25, -0.2) is 14.1 Å². The first-order valence-corrected chi connectivity index (χ1v) is 10.5. The molecular formula is C22H16F4N4O2S. The fourth-order valence-electron chi connectivity index (χ4n) is 3.16. The monoisotopic (exact) mass is 476 g/mol. The highest BCUT2D eigenvalue weighted by molar-refractivity contribution is 7.13. The van der Waals surface area contributed by atoms with Gasteiger partial charge in [0, 0.05) is 6.54 Å². The summed E-state index contributed by atoms with van der Waals surface area (Å²) in [4.78, 5) is 17.6. The van der Waals surface area contributed by atoms with E-state index in [1.165, 1.54) is 52.4 Å². The van der Waals surface area contributed by atoms with Gasteiger partial charge in [0.1, 0.15) is 5.82 Å². The second-order valence-electron chi connectivity index (χ2n) is 6.94. The van der Waals surface area contributed by atoms with Crippen LogP contribution in [0.3, 0.4) is 0 Å². The molecule has 0 aliphatic heterocycles. The molecule has 0 fully saturated rings. The van der Waals surface area contributed by atoms with Crippen molar-refractivity contribution < 1.29 is 27.5 Å². The average molecular weight is 476 g/mol. The van der Waals surface area contributed by atoms with E-state index in [1.54, 1.807) is 12.1 Å². The van der Waals surface area contributed by atoms with Crippen molar-refractivity contribution >= 4 is 17.2 Å². The van der Waals surface area contributed by atoms with Gasteiger partial charge in [-0.05, 0) is 47.3 Å². The number of amides is 1. The van der Waals surface area contributed by atoms with E-state index in [1.807, 2.05) is 5.38 Å². The Hall–Kier alpha value is -3.57. The topological polar surface area (TPSA) is 80.0 Å². The molecule has 33 heavy (non-hydrogen) atoms. The molecule has 0 saturated carbocycles. The number of nitrogens with one attached hydrogen (secondary N) is 1. The zero-order chi connectivity index (χ0) is 23.6. The Bertz CT molecular complexity index is 1250. The average Bonchev–Trinajstić information content (AvgIpc) is 3.47. The number of nitrogens with zero attached hydrogens (tertiary/aromatic N) is 3. The molecule has 1 atom stereocenters. The quantitative estimate of drug-likeness (QED) is 0.398. The molecule has 1 amide bonds. The van der Waals surface area contributed by atoms with Crippen LogP contribution in [0, 0.1) is 5.82 Å². The highest BCUT2D eigenvalue weighted by Gasteiger charge is 2.34. The molecule has 0 bridgehead atoms. The first kappa shape index (κ1) is 22.6. The summed E-state index contributed by atoms with van der Waals surface area (Å²) in [5.74, 6) is -1.14. The van der Waals surface area contributed by atoms with Crippen molar-refractivity contribution in [2.75, 3.05) is 6.54 Å². The number of halogens is 4. The summed E-state index contributed by atoms with van der Waals surface area (Å²) in [5, 5.41) is 18.7. The van der Waals surface area contributed by atoms with Crippen LogP contribution in [-0.4, -0.2) is 32.3 Å². The van der Waals surface area contributed by atoms with Gasteiger partial charge in [0.25, 0.3) is 5.91 Å². The molecule has 0 saturated heterocycles. The molecule has 6 nitrogen and oxygen atoms in total. The fourth-order valence-corrected chi connectivity index (χ4v) is 3.86. The summed E-state index contributed by atoms with van der Waals surface area (Å²) in [6.07, 6.45) is -6.24. The molecule has 4 rings (SSSR count). The van der Waals surface area contributed by atoms with Crippen LogP contribution >= 0.6 is 11.3 Å². The lowest BCUT2D eigenvalue weighted by Crippen LogP contribution is -2.30. The maximum absolute atomic E-state index is 13.3. The molecule has 0 spiro atoms. The number of alkyl halides is 3. The van der Waals surface area contributed by atoms with Crippen molar-refractivity contribution in [3.63, 3.8) is 0 Å². The second kappa shape index (κ2) is 9.12. The zero-order valence-electron chi connectivity index (χ0n) is 16.8. The molecule has 0 aliphatic carbocycles. The summed E-state index contributed by atoms with van der Waals surface area (Å²) in [5.41, 5.74) is -0.870. The van der Waals surface area contributed by atoms with Gasteiger partial charge >= 0.3 is 6.18 Å². The Balaban J connectivity index is 1.57. The van der Waals surface area contributed by atoms with Crippen LogP contribution in [0.5, 0.6) is 0 Å². The Morgan fingerprint density at radius 2 is 1.82 bits per heavy atom. The van der Waals surface area contributed by atoms with Crippen molar-refractivity contribution in [3.05, 3.63) is 88.8 Å². The zero-order valence-corrected chi connectivity index (χ0v) is 17.6. The van der Waals surface area contributed by atoms with Crippen LogP contribution in [0.4, 0.5) is 17.6 Å². The number of thiophene rings is 1. The van der Waals surface area contributed by atoms with Crippen molar-refractivity contribution in [3.8, 4) is 16.4 Å². The molecule has 0 radical (unpaired) electrons. The van der Waals surface area contributed by atoms with Crippen molar-refractivity contribution in [2.24, 2.45) is 0 Å². The summed E-state index contributed by atoms with van der Waals surface area (Å²) in [7, 11) is 0. The molecule has 0 aliphatic rings. The third-order valence-electron chi connectivity index (χ3n) is 4.70. The summed E-state index contributed by atoms with van der Waals surface area (Å²) in [6, 6.07) is 13.6. The van der Waals surface area contributed by atoms with Gasteiger partial charge in [0.15, 0.2) is 5.82 Å². The number of aromatic nitrogens is 3. The molecule has 2 aromatic carbocycles. The van der Waals surface area contributed by atoms with Crippen molar-refractivity contribution in [1.82, 2.24) is 20.1 Å². The van der Waals surface area contributed by atoms with Crippen molar-refractivity contribution in [2.45, 2.75) is 12.3 Å². The smallest absolute Gasteiger partial charge is 0.387 e. The number of carbonyl (C=O) groups excluding carboxylic acids is 1. The number of aliphatic hydroxyl groups is 1. The third-order valence-corrected chi connectivity index (χ3v) is 5.57. The van der Waals surface area contributed by atoms with Gasteiger partial charge in [-0.1, -0.05) is 24.3 Å². The van der Waals surface area contributed by atoms with E-state index >= 15 is 0 Å². The van der Waals surface area contributed by atoms with Crippen LogP contribution < -0.4 is 5.32 Å². The first-order valence-electron chi connectivity index (χ1n) is 9.63. The largest absolute Gasteiger partial charge is 0.416 e. The van der Waals surface area contributed by atoms with E-state index in [-0.39, 0.29) is 11.4 Å². The van der Waals surface area contributed by atoms with Crippen LogP contribution in [0.15, 0.2) is 66.0 Å². The number of hydrogen-bond acceptors (Lipinski definition) is 5. The molecule has 2 heterocycles. The highest BCUT2D eigenvalue weighted by Crippen LogP contribution is 2.34. The van der Waals surface area contributed by atoms with Crippen LogP contribution in [0.1, 0.15) is 27.8 Å². The molecular weight excluding hydrogens is 460 g/mol. The molecule has 4 aromatic rings. The van der Waals surface area contributed by atoms with E-state index in [2.05, 4.69) is 15.4 Å². The fraction of sp³-hybridized carbons (Fsp3) is 0.136. The minimum atomic E-state index is -4.65. The molecule has 2 N–H and O–H groups in total. The lowest BCUT2D eigenvalue weighted by atomic mass is 10.0. The second-order valence-corrected chi connectivity index (χ2v) is 7.88. The summed E-state index contributed by atoms with van der Waals surface area (Å²) < 4.78 is 54.3. The molecule has 1 unspecified atom stereocenters. The van der Waals surface area contributed by atoms with Crippen LogP contribution in [0.25, 0.3) is 16.4 Å². The predicted octanol–water partition coefficient (Wildman–Crippen LogP) is 4.62. The van der Waals surface area contributed by atoms with Gasteiger partial charge in [0.2, 0.25) is 5.82 Å². The normalized spacial score (nSPS) is 12.5. The number of aliphatic hydroxyl groups excluding tert-OH is 1. The van der Waals surface area contributed by atoms with Crippen molar-refractivity contribution in [1.29, 1.82) is 0 Å². The van der Waals surface area contributed by atoms with E-state index in [4.69, 9.17) is 0 Å². The van der Waals surface area contributed by atoms with Crippen LogP contribution in [-0.2, 0) is 6.18 Å². The molecule has 170 valence electrons. The maximum atomic E-state index is 13.3. The minimum absolute atomic E-state index is 0.251. The first-order chi connectivity index (χ1) is 15.7. The Labute approximate surface area is 189 Å². The predicted molar refractivity (Wildman–Crippen MR) is 113 cm³/mol. The Morgan fingerprint density at radius 1 is 1.09 bits per heavy atom. The van der Waals surface area contributed by atoms with E-state index in [9.17, 15) is 27.5 Å². The van der Waals surface area contributed by atoms with Gasteiger partial charge in [-0.3, -0.25) is 4.79 Å². The minimum Gasteiger partial charge on any atom is -0.387 e. The Kier molecular flexibility index (Phi) is 6.25. The number of rotatable bonds is 6. The number of benzene rings is 2. The molecule has 2 aromatic heterocycles. The van der Waals surface area contributed by atoms with E-state index in [0.717, 1.165) is 12.1 Å².